The molecule has 2 aliphatic heterocycles. The third-order valence-electron chi connectivity index (χ3n) is 7.06. The second-order valence-electron chi connectivity index (χ2n) is 9.42. The summed E-state index contributed by atoms with van der Waals surface area (Å²) in [5.41, 5.74) is 2.47. The molecule has 38 heavy (non-hydrogen) atoms. The van der Waals surface area contributed by atoms with Gasteiger partial charge in [0.15, 0.2) is 6.61 Å². The highest BCUT2D eigenvalue weighted by Gasteiger charge is 2.29. The van der Waals surface area contributed by atoms with Crippen molar-refractivity contribution in [3.05, 3.63) is 96.1 Å². The van der Waals surface area contributed by atoms with Crippen LogP contribution in [0.5, 0.6) is 5.75 Å². The number of amides is 1. The van der Waals surface area contributed by atoms with E-state index in [1.807, 2.05) is 17.0 Å². The van der Waals surface area contributed by atoms with Gasteiger partial charge < -0.3 is 14.4 Å². The van der Waals surface area contributed by atoms with Crippen LogP contribution >= 0.6 is 0 Å². The lowest BCUT2D eigenvalue weighted by molar-refractivity contribution is -0.135. The molecular formula is C29H33N3O5S. The van der Waals surface area contributed by atoms with E-state index in [1.54, 1.807) is 12.1 Å². The molecule has 3 aromatic rings. The summed E-state index contributed by atoms with van der Waals surface area (Å²) in [6.07, 6.45) is 0. The summed E-state index contributed by atoms with van der Waals surface area (Å²) >= 11 is 0. The topological polar surface area (TPSA) is 79.4 Å². The van der Waals surface area contributed by atoms with Gasteiger partial charge in [-0.05, 0) is 35.4 Å². The molecule has 1 amide bonds. The fraction of sp³-hybridized carbons (Fsp3) is 0.345. The molecule has 200 valence electrons. The number of ether oxygens (including phenoxy) is 2. The van der Waals surface area contributed by atoms with E-state index in [0.717, 1.165) is 13.1 Å². The first-order chi connectivity index (χ1) is 18.5. The maximum absolute atomic E-state index is 12.9. The lowest BCUT2D eigenvalue weighted by Gasteiger charge is -2.39. The number of piperazine rings is 1. The van der Waals surface area contributed by atoms with Gasteiger partial charge in [-0.15, -0.1) is 0 Å². The SMILES string of the molecule is O=C(COc1ccc(S(=O)(=O)N2CCOCC2)cc1)N1CCN(C(c2ccccc2)c2ccccc2)CC1. The van der Waals surface area contributed by atoms with E-state index < -0.39 is 10.0 Å². The zero-order chi connectivity index (χ0) is 26.4. The van der Waals surface area contributed by atoms with Gasteiger partial charge in [-0.25, -0.2) is 8.42 Å². The summed E-state index contributed by atoms with van der Waals surface area (Å²) in [6, 6.07) is 27.3. The van der Waals surface area contributed by atoms with E-state index >= 15 is 0 Å². The summed E-state index contributed by atoms with van der Waals surface area (Å²) in [7, 11) is -3.56. The molecule has 5 rings (SSSR count). The Balaban J connectivity index is 1.15. The summed E-state index contributed by atoms with van der Waals surface area (Å²) in [5.74, 6) is 0.386. The number of carbonyl (C=O) groups excluding carboxylic acids is 1. The molecule has 0 atom stereocenters. The third kappa shape index (κ3) is 6.07. The highest BCUT2D eigenvalue weighted by Crippen LogP contribution is 2.29. The van der Waals surface area contributed by atoms with Gasteiger partial charge in [0.1, 0.15) is 5.75 Å². The lowest BCUT2D eigenvalue weighted by atomic mass is 9.96. The Morgan fingerprint density at radius 2 is 1.32 bits per heavy atom. The molecule has 2 saturated heterocycles. The molecule has 0 bridgehead atoms. The van der Waals surface area contributed by atoms with Gasteiger partial charge in [-0.3, -0.25) is 9.69 Å². The predicted molar refractivity (Wildman–Crippen MR) is 144 cm³/mol. The summed E-state index contributed by atoms with van der Waals surface area (Å²) in [4.78, 5) is 17.4. The van der Waals surface area contributed by atoms with Crippen molar-refractivity contribution in [1.29, 1.82) is 0 Å². The first-order valence-electron chi connectivity index (χ1n) is 12.9. The molecule has 0 saturated carbocycles. The molecule has 2 aliphatic rings. The van der Waals surface area contributed by atoms with Crippen LogP contribution in [-0.4, -0.2) is 87.5 Å². The Morgan fingerprint density at radius 1 is 0.763 bits per heavy atom. The molecule has 0 N–H and O–H groups in total. The first-order valence-corrected chi connectivity index (χ1v) is 14.4. The van der Waals surface area contributed by atoms with E-state index in [0.29, 0.717) is 45.1 Å². The average molecular weight is 536 g/mol. The minimum Gasteiger partial charge on any atom is -0.484 e. The molecule has 2 fully saturated rings. The fourth-order valence-corrected chi connectivity index (χ4v) is 6.40. The largest absolute Gasteiger partial charge is 0.484 e. The van der Waals surface area contributed by atoms with Crippen LogP contribution in [0.15, 0.2) is 89.8 Å². The Bertz CT molecular complexity index is 1250. The van der Waals surface area contributed by atoms with Crippen LogP contribution in [0.25, 0.3) is 0 Å². The zero-order valence-electron chi connectivity index (χ0n) is 21.3. The number of hydrogen-bond donors (Lipinski definition) is 0. The van der Waals surface area contributed by atoms with Crippen molar-refractivity contribution in [3.63, 3.8) is 0 Å². The van der Waals surface area contributed by atoms with Gasteiger partial charge in [-0.1, -0.05) is 60.7 Å². The maximum atomic E-state index is 12.9. The normalized spacial score (nSPS) is 17.4. The van der Waals surface area contributed by atoms with Crippen molar-refractivity contribution < 1.29 is 22.7 Å². The lowest BCUT2D eigenvalue weighted by Crippen LogP contribution is -2.51. The van der Waals surface area contributed by atoms with E-state index in [-0.39, 0.29) is 23.5 Å². The zero-order valence-corrected chi connectivity index (χ0v) is 22.1. The van der Waals surface area contributed by atoms with Crippen LogP contribution in [0.3, 0.4) is 0 Å². The number of nitrogens with zero attached hydrogens (tertiary/aromatic N) is 3. The second-order valence-corrected chi connectivity index (χ2v) is 11.4. The molecular weight excluding hydrogens is 502 g/mol. The third-order valence-corrected chi connectivity index (χ3v) is 8.97. The number of morpholine rings is 1. The van der Waals surface area contributed by atoms with Crippen LogP contribution in [0.1, 0.15) is 17.2 Å². The molecule has 8 nitrogen and oxygen atoms in total. The van der Waals surface area contributed by atoms with Gasteiger partial charge in [-0.2, -0.15) is 4.31 Å². The second kappa shape index (κ2) is 12.1. The highest BCUT2D eigenvalue weighted by molar-refractivity contribution is 7.89. The van der Waals surface area contributed by atoms with Crippen molar-refractivity contribution in [1.82, 2.24) is 14.1 Å². The van der Waals surface area contributed by atoms with Gasteiger partial charge >= 0.3 is 0 Å². The van der Waals surface area contributed by atoms with Crippen molar-refractivity contribution in [2.24, 2.45) is 0 Å². The summed E-state index contributed by atoms with van der Waals surface area (Å²) in [6.45, 7) is 4.16. The minimum atomic E-state index is -3.56. The molecule has 0 spiro atoms. The Morgan fingerprint density at radius 3 is 1.87 bits per heavy atom. The Labute approximate surface area is 224 Å². The van der Waals surface area contributed by atoms with Crippen LogP contribution in [0.2, 0.25) is 0 Å². The quantitative estimate of drug-likeness (QED) is 0.441. The van der Waals surface area contributed by atoms with Crippen LogP contribution in [-0.2, 0) is 19.6 Å². The standard InChI is InChI=1S/C29H33N3O5S/c33-28(23-37-26-11-13-27(14-12-26)38(34,35)32-19-21-36-22-20-32)30-15-17-31(18-16-30)29(24-7-3-1-4-8-24)25-9-5-2-6-10-25/h1-14,29H,15-23H2. The average Bonchev–Trinajstić information content (AvgIpc) is 2.98. The Hall–Kier alpha value is -3.24. The summed E-state index contributed by atoms with van der Waals surface area (Å²) in [5, 5.41) is 0. The van der Waals surface area contributed by atoms with E-state index in [1.165, 1.54) is 27.6 Å². The molecule has 3 aromatic carbocycles. The van der Waals surface area contributed by atoms with E-state index in [4.69, 9.17) is 9.47 Å². The van der Waals surface area contributed by atoms with Crippen molar-refractivity contribution in [3.8, 4) is 5.75 Å². The number of hydrogen-bond acceptors (Lipinski definition) is 6. The number of rotatable bonds is 8. The maximum Gasteiger partial charge on any atom is 0.260 e. The van der Waals surface area contributed by atoms with Gasteiger partial charge in [0, 0.05) is 39.3 Å². The van der Waals surface area contributed by atoms with Gasteiger partial charge in [0.25, 0.3) is 5.91 Å². The van der Waals surface area contributed by atoms with Crippen molar-refractivity contribution in [2.75, 3.05) is 59.1 Å². The van der Waals surface area contributed by atoms with Crippen LogP contribution < -0.4 is 4.74 Å². The van der Waals surface area contributed by atoms with Crippen molar-refractivity contribution >= 4 is 15.9 Å². The van der Waals surface area contributed by atoms with Crippen LogP contribution in [0, 0.1) is 0 Å². The van der Waals surface area contributed by atoms with Gasteiger partial charge in [0.2, 0.25) is 10.0 Å². The van der Waals surface area contributed by atoms with Crippen LogP contribution in [0.4, 0.5) is 0 Å². The highest BCUT2D eigenvalue weighted by atomic mass is 32.2. The number of carbonyl (C=O) groups is 1. The molecule has 0 radical (unpaired) electrons. The molecule has 0 unspecified atom stereocenters. The van der Waals surface area contributed by atoms with E-state index in [2.05, 4.69) is 53.4 Å². The van der Waals surface area contributed by atoms with Crippen molar-refractivity contribution in [2.45, 2.75) is 10.9 Å². The molecule has 2 heterocycles. The van der Waals surface area contributed by atoms with E-state index in [9.17, 15) is 13.2 Å². The predicted octanol–water partition coefficient (Wildman–Crippen LogP) is 3.02. The monoisotopic (exact) mass is 535 g/mol. The minimum absolute atomic E-state index is 0.0781. The Kier molecular flexibility index (Phi) is 8.38. The number of sulfonamides is 1. The molecule has 0 aromatic heterocycles. The fourth-order valence-electron chi connectivity index (χ4n) is 4.99. The summed E-state index contributed by atoms with van der Waals surface area (Å²) < 4.78 is 38.0. The number of benzene rings is 3. The smallest absolute Gasteiger partial charge is 0.260 e. The molecule has 0 aliphatic carbocycles. The molecule has 9 heteroatoms. The van der Waals surface area contributed by atoms with Gasteiger partial charge in [0.05, 0.1) is 24.2 Å². The first kappa shape index (κ1) is 26.4.